The highest BCUT2D eigenvalue weighted by Crippen LogP contribution is 2.15. The number of hydrogen-bond acceptors (Lipinski definition) is 5. The molecule has 1 aliphatic heterocycles. The molecule has 0 atom stereocenters. The van der Waals surface area contributed by atoms with Crippen LogP contribution in [0.5, 0.6) is 0 Å². The van der Waals surface area contributed by atoms with Crippen LogP contribution >= 0.6 is 0 Å². The molecule has 1 N–H and O–H groups in total. The summed E-state index contributed by atoms with van der Waals surface area (Å²) in [6.45, 7) is 8.86. The van der Waals surface area contributed by atoms with Gasteiger partial charge in [0.2, 0.25) is 5.76 Å². The molecule has 0 aromatic carbocycles. The summed E-state index contributed by atoms with van der Waals surface area (Å²) >= 11 is 0. The van der Waals surface area contributed by atoms with Gasteiger partial charge in [-0.15, -0.1) is 0 Å². The van der Waals surface area contributed by atoms with Gasteiger partial charge in [-0.25, -0.2) is 9.59 Å². The van der Waals surface area contributed by atoms with E-state index in [0.29, 0.717) is 31.9 Å². The first-order valence-corrected chi connectivity index (χ1v) is 7.77. The maximum Gasteiger partial charge on any atom is 0.410 e. The van der Waals surface area contributed by atoms with Gasteiger partial charge in [-0.2, -0.15) is 0 Å². The monoisotopic (exact) mass is 324 g/mol. The maximum atomic E-state index is 12.1. The summed E-state index contributed by atoms with van der Waals surface area (Å²) in [5.41, 5.74) is -0.496. The van der Waals surface area contributed by atoms with E-state index in [1.54, 1.807) is 11.0 Å². The summed E-state index contributed by atoms with van der Waals surface area (Å²) in [5.74, 6) is -0.499. The smallest absolute Gasteiger partial charge is 0.410 e. The largest absolute Gasteiger partial charge is 0.475 e. The lowest BCUT2D eigenvalue weighted by Gasteiger charge is -2.26. The lowest BCUT2D eigenvalue weighted by Crippen LogP contribution is -2.39. The number of nitrogens with zero attached hydrogens (tertiary/aromatic N) is 2. The van der Waals surface area contributed by atoms with E-state index in [4.69, 9.17) is 14.3 Å². The number of hydrogen-bond donors (Lipinski definition) is 1. The molecular weight excluding hydrogens is 300 g/mol. The van der Waals surface area contributed by atoms with Gasteiger partial charge in [0, 0.05) is 26.2 Å². The second-order valence-electron chi connectivity index (χ2n) is 6.67. The Morgan fingerprint density at radius 1 is 1.22 bits per heavy atom. The van der Waals surface area contributed by atoms with Crippen molar-refractivity contribution >= 4 is 12.1 Å². The number of carbonyl (C=O) groups is 2. The molecule has 0 saturated carbocycles. The number of furan rings is 1. The zero-order chi connectivity index (χ0) is 17.0. The van der Waals surface area contributed by atoms with Crippen LogP contribution in [0.25, 0.3) is 0 Å². The number of carbonyl (C=O) groups excluding carboxylic acids is 1. The number of carboxylic acids is 1. The Morgan fingerprint density at radius 3 is 2.57 bits per heavy atom. The minimum atomic E-state index is -1.07. The van der Waals surface area contributed by atoms with E-state index in [1.807, 2.05) is 20.8 Å². The Bertz CT molecular complexity index is 561. The van der Waals surface area contributed by atoms with Crippen LogP contribution in [0.15, 0.2) is 16.5 Å². The molecule has 2 rings (SSSR count). The Hall–Kier alpha value is -2.02. The highest BCUT2D eigenvalue weighted by atomic mass is 16.6. The van der Waals surface area contributed by atoms with Crippen molar-refractivity contribution in [3.05, 3.63) is 23.7 Å². The van der Waals surface area contributed by atoms with Crippen molar-refractivity contribution in [2.75, 3.05) is 26.2 Å². The van der Waals surface area contributed by atoms with Gasteiger partial charge in [-0.1, -0.05) is 0 Å². The molecular formula is C16H24N2O5. The normalized spacial score (nSPS) is 16.9. The maximum absolute atomic E-state index is 12.1. The van der Waals surface area contributed by atoms with Crippen LogP contribution in [0, 0.1) is 0 Å². The first-order valence-electron chi connectivity index (χ1n) is 7.77. The fraction of sp³-hybridized carbons (Fsp3) is 0.625. The molecule has 7 heteroatoms. The summed E-state index contributed by atoms with van der Waals surface area (Å²) in [7, 11) is 0. The summed E-state index contributed by atoms with van der Waals surface area (Å²) in [6.07, 6.45) is 0.552. The van der Waals surface area contributed by atoms with Gasteiger partial charge >= 0.3 is 12.1 Å². The SMILES string of the molecule is CC(C)(C)OC(=O)N1CCCN(Cc2ccc(C(=O)O)o2)CC1. The summed E-state index contributed by atoms with van der Waals surface area (Å²) in [6, 6.07) is 3.14. The molecule has 1 aromatic heterocycles. The summed E-state index contributed by atoms with van der Waals surface area (Å²) in [5, 5.41) is 8.87. The molecule has 0 bridgehead atoms. The molecule has 23 heavy (non-hydrogen) atoms. The van der Waals surface area contributed by atoms with Gasteiger partial charge in [-0.05, 0) is 39.3 Å². The molecule has 7 nitrogen and oxygen atoms in total. The topological polar surface area (TPSA) is 83.2 Å². The fourth-order valence-corrected chi connectivity index (χ4v) is 2.44. The molecule has 1 aromatic rings. The number of aromatic carboxylic acids is 1. The third kappa shape index (κ3) is 5.28. The van der Waals surface area contributed by atoms with E-state index in [9.17, 15) is 9.59 Å². The Morgan fingerprint density at radius 2 is 1.96 bits per heavy atom. The average Bonchev–Trinajstić information content (AvgIpc) is 2.76. The first kappa shape index (κ1) is 17.3. The molecule has 1 fully saturated rings. The van der Waals surface area contributed by atoms with Crippen LogP contribution in [0.2, 0.25) is 0 Å². The van der Waals surface area contributed by atoms with Crippen molar-refractivity contribution in [3.8, 4) is 0 Å². The van der Waals surface area contributed by atoms with Crippen LogP contribution in [0.4, 0.5) is 4.79 Å². The molecule has 0 unspecified atom stereocenters. The van der Waals surface area contributed by atoms with Crippen LogP contribution in [-0.4, -0.2) is 58.7 Å². The van der Waals surface area contributed by atoms with E-state index in [2.05, 4.69) is 4.90 Å². The lowest BCUT2D eigenvalue weighted by atomic mass is 10.2. The van der Waals surface area contributed by atoms with Gasteiger partial charge in [-0.3, -0.25) is 4.90 Å². The Kier molecular flexibility index (Phi) is 5.30. The second-order valence-corrected chi connectivity index (χ2v) is 6.67. The number of ether oxygens (including phenoxy) is 1. The minimum Gasteiger partial charge on any atom is -0.475 e. The lowest BCUT2D eigenvalue weighted by molar-refractivity contribution is 0.0256. The number of amides is 1. The molecule has 1 saturated heterocycles. The standard InChI is InChI=1S/C16H24N2O5/c1-16(2,3)23-15(21)18-8-4-7-17(9-10-18)11-12-5-6-13(22-12)14(19)20/h5-6H,4,7-11H2,1-3H3,(H,19,20). The van der Waals surface area contributed by atoms with Gasteiger partial charge in [0.25, 0.3) is 0 Å². The minimum absolute atomic E-state index is 0.0507. The molecule has 1 aliphatic rings. The van der Waals surface area contributed by atoms with Gasteiger partial charge < -0.3 is 19.2 Å². The van der Waals surface area contributed by atoms with Gasteiger partial charge in [0.05, 0.1) is 6.54 Å². The molecule has 0 spiro atoms. The van der Waals surface area contributed by atoms with Crippen molar-refractivity contribution < 1.29 is 23.8 Å². The Labute approximate surface area is 135 Å². The van der Waals surface area contributed by atoms with E-state index < -0.39 is 11.6 Å². The molecule has 0 radical (unpaired) electrons. The quantitative estimate of drug-likeness (QED) is 0.919. The van der Waals surface area contributed by atoms with Crippen molar-refractivity contribution in [1.29, 1.82) is 0 Å². The molecule has 128 valence electrons. The molecule has 2 heterocycles. The third-order valence-electron chi connectivity index (χ3n) is 3.49. The molecule has 1 amide bonds. The highest BCUT2D eigenvalue weighted by molar-refractivity contribution is 5.84. The van der Waals surface area contributed by atoms with Crippen LogP contribution in [0.1, 0.15) is 43.5 Å². The second kappa shape index (κ2) is 7.04. The van der Waals surface area contributed by atoms with Crippen molar-refractivity contribution in [3.63, 3.8) is 0 Å². The summed E-state index contributed by atoms with van der Waals surface area (Å²) in [4.78, 5) is 26.8. The van der Waals surface area contributed by atoms with Gasteiger partial charge in [0.15, 0.2) is 0 Å². The van der Waals surface area contributed by atoms with Crippen molar-refractivity contribution in [2.45, 2.75) is 39.3 Å². The predicted octanol–water partition coefficient (Wildman–Crippen LogP) is 2.42. The van der Waals surface area contributed by atoms with Crippen molar-refractivity contribution in [1.82, 2.24) is 9.80 Å². The van der Waals surface area contributed by atoms with Crippen LogP contribution in [-0.2, 0) is 11.3 Å². The van der Waals surface area contributed by atoms with E-state index in [0.717, 1.165) is 13.0 Å². The van der Waals surface area contributed by atoms with E-state index in [-0.39, 0.29) is 11.9 Å². The zero-order valence-corrected chi connectivity index (χ0v) is 13.9. The van der Waals surface area contributed by atoms with Gasteiger partial charge in [0.1, 0.15) is 11.4 Å². The first-order chi connectivity index (χ1) is 10.7. The van der Waals surface area contributed by atoms with Crippen LogP contribution in [0.3, 0.4) is 0 Å². The van der Waals surface area contributed by atoms with Crippen molar-refractivity contribution in [2.24, 2.45) is 0 Å². The predicted molar refractivity (Wildman–Crippen MR) is 83.4 cm³/mol. The molecule has 0 aliphatic carbocycles. The Balaban J connectivity index is 1.88. The number of carboxylic acid groups (broad SMARTS) is 1. The fourth-order valence-electron chi connectivity index (χ4n) is 2.44. The van der Waals surface area contributed by atoms with E-state index in [1.165, 1.54) is 6.07 Å². The van der Waals surface area contributed by atoms with Crippen LogP contribution < -0.4 is 0 Å². The summed E-state index contributed by atoms with van der Waals surface area (Å²) < 4.78 is 10.7. The zero-order valence-electron chi connectivity index (χ0n) is 13.9. The number of rotatable bonds is 3. The van der Waals surface area contributed by atoms with E-state index >= 15 is 0 Å². The highest BCUT2D eigenvalue weighted by Gasteiger charge is 2.24. The third-order valence-corrected chi connectivity index (χ3v) is 3.49. The average molecular weight is 324 g/mol.